The summed E-state index contributed by atoms with van der Waals surface area (Å²) >= 11 is 0. The second-order valence-electron chi connectivity index (χ2n) is 6.81. The molecule has 21 heavy (non-hydrogen) atoms. The van der Waals surface area contributed by atoms with Gasteiger partial charge in [0.1, 0.15) is 5.60 Å². The summed E-state index contributed by atoms with van der Waals surface area (Å²) < 4.78 is 5.65. The molecule has 1 amide bonds. The summed E-state index contributed by atoms with van der Waals surface area (Å²) in [5, 5.41) is 0. The van der Waals surface area contributed by atoms with Crippen molar-refractivity contribution in [3.05, 3.63) is 35.9 Å². The number of benzene rings is 1. The Morgan fingerprint density at radius 3 is 2.48 bits per heavy atom. The molecule has 0 radical (unpaired) electrons. The summed E-state index contributed by atoms with van der Waals surface area (Å²) in [5.41, 5.74) is 0.759. The molecule has 0 aliphatic carbocycles. The highest BCUT2D eigenvalue weighted by molar-refractivity contribution is 5.69. The molecule has 3 heteroatoms. The summed E-state index contributed by atoms with van der Waals surface area (Å²) in [7, 11) is 0. The summed E-state index contributed by atoms with van der Waals surface area (Å²) in [5.74, 6) is 0. The van der Waals surface area contributed by atoms with Crippen LogP contribution < -0.4 is 0 Å². The molecule has 0 bridgehead atoms. The van der Waals surface area contributed by atoms with E-state index in [4.69, 9.17) is 4.74 Å². The normalized spacial score (nSPS) is 23.0. The van der Waals surface area contributed by atoms with Gasteiger partial charge in [-0.3, -0.25) is 4.90 Å². The van der Waals surface area contributed by atoms with Gasteiger partial charge in [0.05, 0.1) is 6.04 Å². The van der Waals surface area contributed by atoms with E-state index in [1.807, 2.05) is 43.9 Å². The third kappa shape index (κ3) is 3.99. The fourth-order valence-corrected chi connectivity index (χ4v) is 3.07. The molecule has 0 saturated carbocycles. The fourth-order valence-electron chi connectivity index (χ4n) is 3.07. The Bertz CT molecular complexity index is 464. The minimum Gasteiger partial charge on any atom is -0.444 e. The molecular formula is C18H27NO2. The fraction of sp³-hybridized carbons (Fsp3) is 0.611. The first-order chi connectivity index (χ1) is 9.92. The molecule has 1 aliphatic heterocycles. The van der Waals surface area contributed by atoms with E-state index in [9.17, 15) is 4.79 Å². The molecule has 0 aromatic heterocycles. The predicted molar refractivity (Wildman–Crippen MR) is 85.2 cm³/mol. The topological polar surface area (TPSA) is 29.5 Å². The van der Waals surface area contributed by atoms with Gasteiger partial charge in [0.2, 0.25) is 0 Å². The van der Waals surface area contributed by atoms with E-state index in [0.29, 0.717) is 0 Å². The number of carbonyl (C=O) groups excluding carboxylic acids is 1. The van der Waals surface area contributed by atoms with Crippen LogP contribution in [0.15, 0.2) is 30.3 Å². The molecule has 1 unspecified atom stereocenters. The van der Waals surface area contributed by atoms with Crippen LogP contribution in [0.3, 0.4) is 0 Å². The molecular weight excluding hydrogens is 262 g/mol. The van der Waals surface area contributed by atoms with Gasteiger partial charge in [0, 0.05) is 6.04 Å². The van der Waals surface area contributed by atoms with Gasteiger partial charge in [-0.05, 0) is 52.0 Å². The lowest BCUT2D eigenvalue weighted by Crippen LogP contribution is -2.47. The highest BCUT2D eigenvalue weighted by Gasteiger charge is 2.36. The number of hydrogen-bond donors (Lipinski definition) is 0. The van der Waals surface area contributed by atoms with Crippen molar-refractivity contribution in [1.29, 1.82) is 0 Å². The molecule has 1 aromatic rings. The van der Waals surface area contributed by atoms with Gasteiger partial charge >= 0.3 is 6.09 Å². The van der Waals surface area contributed by atoms with Gasteiger partial charge in [-0.25, -0.2) is 4.79 Å². The number of ether oxygens (including phenoxy) is 1. The average molecular weight is 289 g/mol. The minimum atomic E-state index is -0.450. The molecule has 1 saturated heterocycles. The Kier molecular flexibility index (Phi) is 4.92. The first-order valence-electron chi connectivity index (χ1n) is 7.98. The molecule has 2 rings (SSSR count). The molecule has 1 heterocycles. The smallest absolute Gasteiger partial charge is 0.411 e. The minimum absolute atomic E-state index is 0.139. The van der Waals surface area contributed by atoms with Gasteiger partial charge in [0.15, 0.2) is 0 Å². The van der Waals surface area contributed by atoms with Crippen LogP contribution in [0.25, 0.3) is 0 Å². The Morgan fingerprint density at radius 1 is 1.24 bits per heavy atom. The van der Waals surface area contributed by atoms with Crippen molar-refractivity contribution >= 4 is 6.09 Å². The second-order valence-corrected chi connectivity index (χ2v) is 6.81. The van der Waals surface area contributed by atoms with Crippen LogP contribution in [0.1, 0.15) is 65.0 Å². The Hall–Kier alpha value is -1.51. The maximum absolute atomic E-state index is 12.7. The van der Waals surface area contributed by atoms with E-state index < -0.39 is 5.60 Å². The molecule has 0 N–H and O–H groups in total. The van der Waals surface area contributed by atoms with Crippen molar-refractivity contribution < 1.29 is 9.53 Å². The molecule has 2 atom stereocenters. The predicted octanol–water partition coefficient (Wildman–Crippen LogP) is 4.93. The van der Waals surface area contributed by atoms with E-state index in [0.717, 1.165) is 25.7 Å². The zero-order chi connectivity index (χ0) is 15.5. The Balaban J connectivity index is 2.26. The monoisotopic (exact) mass is 289 g/mol. The van der Waals surface area contributed by atoms with Crippen LogP contribution in [0.5, 0.6) is 0 Å². The first-order valence-corrected chi connectivity index (χ1v) is 7.98. The SMILES string of the molecule is CC[C@@H]1CCCC(c2ccccc2)N1C(=O)OC(C)(C)C. The number of likely N-dealkylation sites (tertiary alicyclic amines) is 1. The van der Waals surface area contributed by atoms with E-state index in [2.05, 4.69) is 19.1 Å². The van der Waals surface area contributed by atoms with Crippen LogP contribution in [0, 0.1) is 0 Å². The maximum Gasteiger partial charge on any atom is 0.411 e. The highest BCUT2D eigenvalue weighted by atomic mass is 16.6. The lowest BCUT2D eigenvalue weighted by Gasteiger charge is -2.42. The summed E-state index contributed by atoms with van der Waals surface area (Å²) in [6.45, 7) is 7.92. The van der Waals surface area contributed by atoms with Gasteiger partial charge in [0.25, 0.3) is 0 Å². The number of carbonyl (C=O) groups is 1. The Morgan fingerprint density at radius 2 is 1.90 bits per heavy atom. The summed E-state index contributed by atoms with van der Waals surface area (Å²) in [4.78, 5) is 14.6. The van der Waals surface area contributed by atoms with Crippen molar-refractivity contribution in [2.24, 2.45) is 0 Å². The van der Waals surface area contributed by atoms with Crippen LogP contribution >= 0.6 is 0 Å². The van der Waals surface area contributed by atoms with Gasteiger partial charge < -0.3 is 4.74 Å². The number of piperidine rings is 1. The average Bonchev–Trinajstić information content (AvgIpc) is 2.45. The zero-order valence-electron chi connectivity index (χ0n) is 13.6. The van der Waals surface area contributed by atoms with Crippen molar-refractivity contribution in [2.75, 3.05) is 0 Å². The number of rotatable bonds is 2. The number of amides is 1. The van der Waals surface area contributed by atoms with Gasteiger partial charge in [-0.15, -0.1) is 0 Å². The van der Waals surface area contributed by atoms with Gasteiger partial charge in [-0.1, -0.05) is 37.3 Å². The lowest BCUT2D eigenvalue weighted by atomic mass is 9.90. The standard InChI is InChI=1S/C18H27NO2/c1-5-15-12-9-13-16(14-10-7-6-8-11-14)19(15)17(20)21-18(2,3)4/h6-8,10-11,15-16H,5,9,12-13H2,1-4H3/t15-,16?/m1/s1. The highest BCUT2D eigenvalue weighted by Crippen LogP contribution is 2.36. The van der Waals surface area contributed by atoms with Crippen LogP contribution in [0.4, 0.5) is 4.79 Å². The van der Waals surface area contributed by atoms with Gasteiger partial charge in [-0.2, -0.15) is 0 Å². The van der Waals surface area contributed by atoms with E-state index in [-0.39, 0.29) is 18.2 Å². The molecule has 0 spiro atoms. The van der Waals surface area contributed by atoms with Crippen molar-refractivity contribution in [3.8, 4) is 0 Å². The number of nitrogens with zero attached hydrogens (tertiary/aromatic N) is 1. The third-order valence-electron chi connectivity index (χ3n) is 4.00. The van der Waals surface area contributed by atoms with Crippen LogP contribution in [-0.4, -0.2) is 22.6 Å². The Labute approximate surface area is 128 Å². The van der Waals surface area contributed by atoms with Crippen LogP contribution in [-0.2, 0) is 4.74 Å². The second kappa shape index (κ2) is 6.50. The van der Waals surface area contributed by atoms with E-state index >= 15 is 0 Å². The van der Waals surface area contributed by atoms with E-state index in [1.54, 1.807) is 0 Å². The van der Waals surface area contributed by atoms with Crippen molar-refractivity contribution in [2.45, 2.75) is 71.1 Å². The first kappa shape index (κ1) is 15.9. The molecule has 116 valence electrons. The molecule has 3 nitrogen and oxygen atoms in total. The van der Waals surface area contributed by atoms with Crippen molar-refractivity contribution in [1.82, 2.24) is 4.90 Å². The third-order valence-corrected chi connectivity index (χ3v) is 4.00. The quantitative estimate of drug-likeness (QED) is 0.772. The lowest BCUT2D eigenvalue weighted by molar-refractivity contribution is -0.00662. The van der Waals surface area contributed by atoms with Crippen molar-refractivity contribution in [3.63, 3.8) is 0 Å². The maximum atomic E-state index is 12.7. The zero-order valence-corrected chi connectivity index (χ0v) is 13.6. The summed E-state index contributed by atoms with van der Waals surface area (Å²) in [6, 6.07) is 10.7. The van der Waals surface area contributed by atoms with Crippen LogP contribution in [0.2, 0.25) is 0 Å². The molecule has 1 aliphatic rings. The van der Waals surface area contributed by atoms with E-state index in [1.165, 1.54) is 5.56 Å². The summed E-state index contributed by atoms with van der Waals surface area (Å²) in [6.07, 6.45) is 4.04. The molecule has 1 aromatic carbocycles. The number of hydrogen-bond acceptors (Lipinski definition) is 2. The largest absolute Gasteiger partial charge is 0.444 e. The molecule has 1 fully saturated rings.